The number of carbonyl (C=O) groups is 1. The van der Waals surface area contributed by atoms with Crippen LogP contribution in [0.5, 0.6) is 0 Å². The van der Waals surface area contributed by atoms with E-state index in [-0.39, 0.29) is 29.0 Å². The van der Waals surface area contributed by atoms with E-state index in [9.17, 15) is 13.2 Å². The quantitative estimate of drug-likeness (QED) is 0.756. The molecule has 7 nitrogen and oxygen atoms in total. The number of aromatic nitrogens is 3. The molecule has 2 heterocycles. The zero-order valence-corrected chi connectivity index (χ0v) is 16.8. The Balaban J connectivity index is 1.70. The zero-order valence-electron chi connectivity index (χ0n) is 16.0. The summed E-state index contributed by atoms with van der Waals surface area (Å²) in [5.41, 5.74) is 0. The number of aryl methyl sites for hydroxylation is 1. The number of sulfone groups is 1. The van der Waals surface area contributed by atoms with E-state index in [4.69, 9.17) is 0 Å². The molecule has 146 valence electrons. The van der Waals surface area contributed by atoms with Crippen LogP contribution >= 0.6 is 0 Å². The van der Waals surface area contributed by atoms with Crippen LogP contribution in [0.3, 0.4) is 0 Å². The first-order valence-corrected chi connectivity index (χ1v) is 10.9. The number of rotatable bonds is 6. The molecular formula is C19H26N4O3S. The number of amides is 1. The molecule has 2 aromatic rings. The maximum absolute atomic E-state index is 12.7. The molecule has 0 unspecified atom stereocenters. The topological polar surface area (TPSA) is 85.2 Å². The second-order valence-corrected chi connectivity index (χ2v) is 9.58. The number of fused-ring (bicyclic) bond motifs is 1. The van der Waals surface area contributed by atoms with Crippen LogP contribution in [0.4, 0.5) is 0 Å². The van der Waals surface area contributed by atoms with Crippen LogP contribution in [-0.2, 0) is 21.2 Å². The fourth-order valence-electron chi connectivity index (χ4n) is 3.61. The molecule has 1 aromatic carbocycles. The van der Waals surface area contributed by atoms with Crippen LogP contribution in [0.1, 0.15) is 44.4 Å². The summed E-state index contributed by atoms with van der Waals surface area (Å²) in [6, 6.07) is 8.38. The average molecular weight is 391 g/mol. The van der Waals surface area contributed by atoms with Gasteiger partial charge in [0.25, 0.3) is 0 Å². The van der Waals surface area contributed by atoms with E-state index in [1.54, 1.807) is 35.2 Å². The largest absolute Gasteiger partial charge is 0.333 e. The summed E-state index contributed by atoms with van der Waals surface area (Å²) >= 11 is 0. The van der Waals surface area contributed by atoms with Crippen molar-refractivity contribution < 1.29 is 13.2 Å². The lowest BCUT2D eigenvalue weighted by molar-refractivity contribution is -0.133. The van der Waals surface area contributed by atoms with Crippen molar-refractivity contribution in [3.05, 3.63) is 42.0 Å². The molecule has 0 aliphatic carbocycles. The van der Waals surface area contributed by atoms with Crippen LogP contribution in [0, 0.1) is 12.8 Å². The van der Waals surface area contributed by atoms with Crippen LogP contribution in [0.25, 0.3) is 0 Å². The highest BCUT2D eigenvalue weighted by Crippen LogP contribution is 2.27. The van der Waals surface area contributed by atoms with E-state index in [1.165, 1.54) is 0 Å². The van der Waals surface area contributed by atoms with Crippen molar-refractivity contribution in [2.75, 3.05) is 12.3 Å². The molecule has 0 saturated heterocycles. The van der Waals surface area contributed by atoms with Gasteiger partial charge in [0.15, 0.2) is 15.7 Å². The minimum atomic E-state index is -3.46. The van der Waals surface area contributed by atoms with Gasteiger partial charge in [0.05, 0.1) is 23.2 Å². The van der Waals surface area contributed by atoms with E-state index < -0.39 is 9.84 Å². The highest BCUT2D eigenvalue weighted by molar-refractivity contribution is 7.91. The zero-order chi connectivity index (χ0) is 19.6. The highest BCUT2D eigenvalue weighted by atomic mass is 32.2. The summed E-state index contributed by atoms with van der Waals surface area (Å²) in [7, 11) is -3.46. The molecular weight excluding hydrogens is 364 g/mol. The van der Waals surface area contributed by atoms with E-state index >= 15 is 0 Å². The molecule has 1 aliphatic rings. The van der Waals surface area contributed by atoms with Crippen molar-refractivity contribution in [2.45, 2.75) is 51.1 Å². The van der Waals surface area contributed by atoms with Crippen molar-refractivity contribution in [2.24, 2.45) is 5.92 Å². The van der Waals surface area contributed by atoms with Gasteiger partial charge in [-0.05, 0) is 31.4 Å². The van der Waals surface area contributed by atoms with Crippen molar-refractivity contribution in [3.63, 3.8) is 0 Å². The van der Waals surface area contributed by atoms with Crippen molar-refractivity contribution in [1.82, 2.24) is 19.7 Å². The minimum Gasteiger partial charge on any atom is -0.333 e. The van der Waals surface area contributed by atoms with Gasteiger partial charge in [-0.1, -0.05) is 32.0 Å². The molecule has 0 radical (unpaired) electrons. The Kier molecular flexibility index (Phi) is 5.64. The lowest BCUT2D eigenvalue weighted by Gasteiger charge is -2.35. The molecule has 8 heteroatoms. The third-order valence-electron chi connectivity index (χ3n) is 4.85. The summed E-state index contributed by atoms with van der Waals surface area (Å²) in [4.78, 5) is 14.7. The molecule has 1 aliphatic heterocycles. The predicted octanol–water partition coefficient (Wildman–Crippen LogP) is 2.38. The fourth-order valence-corrected chi connectivity index (χ4v) is 4.86. The first-order valence-electron chi connectivity index (χ1n) is 9.24. The first-order chi connectivity index (χ1) is 12.8. The van der Waals surface area contributed by atoms with Crippen molar-refractivity contribution in [3.8, 4) is 0 Å². The third-order valence-corrected chi connectivity index (χ3v) is 6.58. The van der Waals surface area contributed by atoms with Gasteiger partial charge in [0.1, 0.15) is 5.82 Å². The Hall–Kier alpha value is -2.22. The van der Waals surface area contributed by atoms with Gasteiger partial charge in [-0.25, -0.2) is 8.42 Å². The van der Waals surface area contributed by atoms with Crippen LogP contribution in [0.2, 0.25) is 0 Å². The van der Waals surface area contributed by atoms with Gasteiger partial charge >= 0.3 is 0 Å². The number of nitrogens with zero attached hydrogens (tertiary/aromatic N) is 4. The van der Waals surface area contributed by atoms with Gasteiger partial charge in [-0.15, -0.1) is 10.2 Å². The van der Waals surface area contributed by atoms with E-state index in [0.717, 1.165) is 18.1 Å². The third kappa shape index (κ3) is 4.37. The molecule has 0 saturated carbocycles. The van der Waals surface area contributed by atoms with Crippen molar-refractivity contribution in [1.29, 1.82) is 0 Å². The molecule has 0 spiro atoms. The summed E-state index contributed by atoms with van der Waals surface area (Å²) in [5, 5.41) is 8.36. The number of hydrogen-bond acceptors (Lipinski definition) is 5. The fraction of sp³-hybridized carbons (Fsp3) is 0.526. The summed E-state index contributed by atoms with van der Waals surface area (Å²) < 4.78 is 27.0. The number of carbonyl (C=O) groups excluding carboxylic acids is 1. The summed E-state index contributed by atoms with van der Waals surface area (Å²) in [6.45, 7) is 7.15. The summed E-state index contributed by atoms with van der Waals surface area (Å²) in [5.74, 6) is 1.75. The lowest BCUT2D eigenvalue weighted by Crippen LogP contribution is -2.42. The molecule has 0 N–H and O–H groups in total. The molecule has 1 amide bonds. The van der Waals surface area contributed by atoms with Gasteiger partial charge in [0.2, 0.25) is 5.91 Å². The number of benzene rings is 1. The SMILES string of the molecule is Cc1nnc2n1[C@@H](CC(C)C)CN(C(=O)CCS(=O)(=O)c1ccccc1)C2. The standard InChI is InChI=1S/C19H26N4O3S/c1-14(2)11-16-12-22(13-18-21-20-15(3)23(16)18)19(24)9-10-27(25,26)17-7-5-4-6-8-17/h4-8,14,16H,9-13H2,1-3H3/t16-/m0/s1. The van der Waals surface area contributed by atoms with Gasteiger partial charge in [-0.3, -0.25) is 4.79 Å². The Morgan fingerprint density at radius 3 is 2.59 bits per heavy atom. The first kappa shape index (κ1) is 19.5. The average Bonchev–Trinajstić information content (AvgIpc) is 3.01. The molecule has 3 rings (SSSR count). The predicted molar refractivity (Wildman–Crippen MR) is 102 cm³/mol. The molecule has 1 aromatic heterocycles. The molecule has 1 atom stereocenters. The Bertz CT molecular complexity index is 906. The second-order valence-electron chi connectivity index (χ2n) is 7.47. The highest BCUT2D eigenvalue weighted by Gasteiger charge is 2.31. The van der Waals surface area contributed by atoms with Crippen LogP contribution in [0.15, 0.2) is 35.2 Å². The van der Waals surface area contributed by atoms with Gasteiger partial charge < -0.3 is 9.47 Å². The number of hydrogen-bond donors (Lipinski definition) is 0. The van der Waals surface area contributed by atoms with E-state index in [0.29, 0.717) is 19.0 Å². The second kappa shape index (κ2) is 7.80. The van der Waals surface area contributed by atoms with Crippen molar-refractivity contribution >= 4 is 15.7 Å². The van der Waals surface area contributed by atoms with Gasteiger partial charge in [0, 0.05) is 13.0 Å². The maximum atomic E-state index is 12.7. The Labute approximate surface area is 160 Å². The van der Waals surface area contributed by atoms with Crippen LogP contribution in [-0.4, -0.2) is 46.3 Å². The summed E-state index contributed by atoms with van der Waals surface area (Å²) in [6.07, 6.45) is 0.886. The monoisotopic (exact) mass is 390 g/mol. The van der Waals surface area contributed by atoms with Crippen LogP contribution < -0.4 is 0 Å². The van der Waals surface area contributed by atoms with E-state index in [1.807, 2.05) is 6.92 Å². The smallest absolute Gasteiger partial charge is 0.224 e. The molecule has 0 bridgehead atoms. The molecule has 0 fully saturated rings. The molecule has 27 heavy (non-hydrogen) atoms. The maximum Gasteiger partial charge on any atom is 0.224 e. The normalized spacial score (nSPS) is 17.2. The Morgan fingerprint density at radius 1 is 1.22 bits per heavy atom. The Morgan fingerprint density at radius 2 is 1.93 bits per heavy atom. The lowest BCUT2D eigenvalue weighted by atomic mass is 10.0. The minimum absolute atomic E-state index is 0.0290. The van der Waals surface area contributed by atoms with E-state index in [2.05, 4.69) is 28.6 Å². The van der Waals surface area contributed by atoms with Gasteiger partial charge in [-0.2, -0.15) is 0 Å².